The number of hydrogen-bond acceptors (Lipinski definition) is 12. The van der Waals surface area contributed by atoms with Crippen molar-refractivity contribution in [1.82, 2.24) is 10.6 Å². The number of carbonyl (C=O) groups is 3. The fourth-order valence-corrected chi connectivity index (χ4v) is 8.99. The molecule has 14 nitrogen and oxygen atoms in total. The summed E-state index contributed by atoms with van der Waals surface area (Å²) in [5, 5.41) is 5.90. The molecule has 4 aromatic carbocycles. The molecule has 2 aliphatic heterocycles. The Bertz CT molecular complexity index is 2130. The second-order valence-electron chi connectivity index (χ2n) is 18.6. The van der Waals surface area contributed by atoms with Gasteiger partial charge in [-0.05, 0) is 40.4 Å². The van der Waals surface area contributed by atoms with E-state index in [1.807, 2.05) is 121 Å². The summed E-state index contributed by atoms with van der Waals surface area (Å²) in [7, 11) is -2.58. The molecule has 6 rings (SSSR count). The monoisotopic (exact) mass is 940 g/mol. The summed E-state index contributed by atoms with van der Waals surface area (Å²) in [4.78, 5) is 39.4. The largest absolute Gasteiger partial charge is 0.457 e. The van der Waals surface area contributed by atoms with Gasteiger partial charge in [-0.2, -0.15) is 0 Å². The van der Waals surface area contributed by atoms with E-state index in [0.717, 1.165) is 22.3 Å². The highest BCUT2D eigenvalue weighted by atomic mass is 28.4. The second kappa shape index (κ2) is 24.5. The van der Waals surface area contributed by atoms with Crippen molar-refractivity contribution in [2.45, 2.75) is 147 Å². The van der Waals surface area contributed by atoms with Crippen LogP contribution in [0.4, 0.5) is 0 Å². The third-order valence-electron chi connectivity index (χ3n) is 12.2. The summed E-state index contributed by atoms with van der Waals surface area (Å²) < 4.78 is 60.4. The lowest BCUT2D eigenvalue weighted by Crippen LogP contribution is -2.71. The third-order valence-corrected chi connectivity index (χ3v) is 16.6. The molecule has 2 N–H and O–H groups in total. The molecule has 2 saturated heterocycles. The Morgan fingerprint density at radius 1 is 0.537 bits per heavy atom. The predicted molar refractivity (Wildman–Crippen MR) is 253 cm³/mol. The van der Waals surface area contributed by atoms with Crippen LogP contribution in [0.2, 0.25) is 18.1 Å². The minimum atomic E-state index is -2.58. The first kappa shape index (κ1) is 51.6. The molecule has 67 heavy (non-hydrogen) atoms. The first-order valence-corrected chi connectivity index (χ1v) is 25.9. The van der Waals surface area contributed by atoms with Crippen molar-refractivity contribution in [2.75, 3.05) is 13.2 Å². The maximum Gasteiger partial charge on any atom is 0.303 e. The lowest BCUT2D eigenvalue weighted by Gasteiger charge is -2.52. The van der Waals surface area contributed by atoms with E-state index in [-0.39, 0.29) is 50.6 Å². The summed E-state index contributed by atoms with van der Waals surface area (Å²) in [6, 6.07) is 36.7. The number of hydrogen-bond donors (Lipinski definition) is 2. The smallest absolute Gasteiger partial charge is 0.303 e. The van der Waals surface area contributed by atoms with Crippen molar-refractivity contribution in [3.63, 3.8) is 0 Å². The molecule has 4 aromatic rings. The molecule has 10 atom stereocenters. The van der Waals surface area contributed by atoms with E-state index in [1.54, 1.807) is 0 Å². The van der Waals surface area contributed by atoms with Crippen molar-refractivity contribution in [3.05, 3.63) is 144 Å². The molecule has 0 unspecified atom stereocenters. The molecule has 0 radical (unpaired) electrons. The Balaban J connectivity index is 1.44. The van der Waals surface area contributed by atoms with Gasteiger partial charge in [-0.25, -0.2) is 0 Å². The molecule has 2 amide bonds. The van der Waals surface area contributed by atoms with E-state index in [1.165, 1.54) is 20.8 Å². The zero-order valence-electron chi connectivity index (χ0n) is 40.0. The van der Waals surface area contributed by atoms with Crippen LogP contribution in [0.25, 0.3) is 0 Å². The molecule has 0 saturated carbocycles. The Kier molecular flexibility index (Phi) is 18.8. The van der Waals surface area contributed by atoms with Crippen LogP contribution in [-0.4, -0.2) is 101 Å². The maximum atomic E-state index is 13.3. The van der Waals surface area contributed by atoms with Crippen LogP contribution in [0.1, 0.15) is 63.8 Å². The average Bonchev–Trinajstić information content (AvgIpc) is 3.28. The van der Waals surface area contributed by atoms with E-state index < -0.39 is 81.5 Å². The van der Waals surface area contributed by atoms with Gasteiger partial charge in [0.1, 0.15) is 42.6 Å². The lowest BCUT2D eigenvalue weighted by atomic mass is 9.93. The zero-order valence-corrected chi connectivity index (χ0v) is 41.0. The van der Waals surface area contributed by atoms with Gasteiger partial charge in [-0.3, -0.25) is 14.4 Å². The van der Waals surface area contributed by atoms with Crippen LogP contribution in [-0.2, 0) is 83.1 Å². The summed E-state index contributed by atoms with van der Waals surface area (Å²) in [5.74, 6) is -1.32. The van der Waals surface area contributed by atoms with Crippen LogP contribution in [0.3, 0.4) is 0 Å². The molecular weight excluding hydrogens is 873 g/mol. The van der Waals surface area contributed by atoms with Crippen LogP contribution in [0.5, 0.6) is 0 Å². The standard InChI is InChI=1S/C52H68N2O12Si/c1-35(55)53-44-48(60-31-40-25-17-11-18-26-40)46(62-37(3)57)42(33-58-29-38-21-13-9-14-22-38)63-50(44)65-47-43(34-59-30-39-23-15-10-16-24-39)64-51(66-67(7,8)52(4,5)6)45(54-36(2)56)49(47)61-32-41-27-19-12-20-28-41/h9-28,42-51H,29-34H2,1-8H3,(H,53,55)(H,54,56)/t42-,43-,44-,45-,46-,47-,48-,49-,50+,51+/m1/s1. The number of amides is 2. The molecule has 362 valence electrons. The van der Waals surface area contributed by atoms with E-state index in [9.17, 15) is 14.4 Å². The van der Waals surface area contributed by atoms with Gasteiger partial charge in [0, 0.05) is 20.8 Å². The highest BCUT2D eigenvalue weighted by molar-refractivity contribution is 6.74. The number of rotatable bonds is 21. The van der Waals surface area contributed by atoms with E-state index >= 15 is 0 Å². The quantitative estimate of drug-likeness (QED) is 0.0632. The summed E-state index contributed by atoms with van der Waals surface area (Å²) in [5.41, 5.74) is 3.61. The number of benzene rings is 4. The highest BCUT2D eigenvalue weighted by Gasteiger charge is 2.56. The molecule has 0 aliphatic carbocycles. The Hall–Kier alpha value is -4.81. The van der Waals surface area contributed by atoms with Gasteiger partial charge in [-0.1, -0.05) is 142 Å². The van der Waals surface area contributed by atoms with Crippen LogP contribution in [0.15, 0.2) is 121 Å². The molecule has 2 fully saturated rings. The van der Waals surface area contributed by atoms with Gasteiger partial charge in [-0.15, -0.1) is 0 Å². The topological polar surface area (TPSA) is 158 Å². The maximum absolute atomic E-state index is 13.3. The fourth-order valence-electron chi connectivity index (χ4n) is 7.85. The van der Waals surface area contributed by atoms with Crippen molar-refractivity contribution < 1.29 is 56.7 Å². The number of esters is 1. The molecular formula is C52H68N2O12Si. The van der Waals surface area contributed by atoms with Crippen molar-refractivity contribution in [2.24, 2.45) is 0 Å². The Morgan fingerprint density at radius 3 is 1.31 bits per heavy atom. The van der Waals surface area contributed by atoms with Crippen molar-refractivity contribution in [1.29, 1.82) is 0 Å². The predicted octanol–water partition coefficient (Wildman–Crippen LogP) is 7.39. The van der Waals surface area contributed by atoms with Gasteiger partial charge < -0.3 is 53.0 Å². The van der Waals surface area contributed by atoms with E-state index in [0.29, 0.717) is 0 Å². The number of ether oxygens (including phenoxy) is 8. The molecule has 2 heterocycles. The molecule has 0 bridgehead atoms. The average molecular weight is 941 g/mol. The third kappa shape index (κ3) is 15.1. The van der Waals surface area contributed by atoms with Gasteiger partial charge in [0.25, 0.3) is 0 Å². The Morgan fingerprint density at radius 2 is 0.910 bits per heavy atom. The van der Waals surface area contributed by atoms with Crippen molar-refractivity contribution in [3.8, 4) is 0 Å². The molecule has 0 spiro atoms. The minimum absolute atomic E-state index is 0.0139. The zero-order chi connectivity index (χ0) is 48.0. The van der Waals surface area contributed by atoms with Gasteiger partial charge in [0.2, 0.25) is 11.8 Å². The molecule has 0 aromatic heterocycles. The highest BCUT2D eigenvalue weighted by Crippen LogP contribution is 2.41. The number of carbonyl (C=O) groups excluding carboxylic acids is 3. The fraction of sp³-hybridized carbons (Fsp3) is 0.481. The normalized spacial score (nSPS) is 25.5. The summed E-state index contributed by atoms with van der Waals surface area (Å²) in [6.45, 7) is 15.5. The SMILES string of the molecule is CC(=O)N[C@H]1[C@H](O[C@H]2[C@H](OCc3ccccc3)[C@@H](NC(C)=O)[C@H](O[Si](C)(C)C(C)(C)C)O[C@@H]2COCc2ccccc2)O[C@H](COCc2ccccc2)[C@@H](OC(C)=O)[C@@H]1OCc1ccccc1. The van der Waals surface area contributed by atoms with Crippen LogP contribution < -0.4 is 10.6 Å². The minimum Gasteiger partial charge on any atom is -0.457 e. The summed E-state index contributed by atoms with van der Waals surface area (Å²) >= 11 is 0. The van der Waals surface area contributed by atoms with Gasteiger partial charge in [0.05, 0.1) is 39.6 Å². The first-order chi connectivity index (χ1) is 32.1. The molecule has 15 heteroatoms. The second-order valence-corrected chi connectivity index (χ2v) is 23.4. The van der Waals surface area contributed by atoms with Crippen LogP contribution in [0, 0.1) is 0 Å². The Labute approximate surface area is 396 Å². The molecule has 2 aliphatic rings. The van der Waals surface area contributed by atoms with Gasteiger partial charge in [0.15, 0.2) is 27.0 Å². The van der Waals surface area contributed by atoms with Crippen molar-refractivity contribution >= 4 is 26.1 Å². The first-order valence-electron chi connectivity index (χ1n) is 23.0. The van der Waals surface area contributed by atoms with E-state index in [4.69, 9.17) is 42.3 Å². The van der Waals surface area contributed by atoms with E-state index in [2.05, 4.69) is 44.5 Å². The van der Waals surface area contributed by atoms with Gasteiger partial charge >= 0.3 is 5.97 Å². The summed E-state index contributed by atoms with van der Waals surface area (Å²) in [6.07, 6.45) is -8.15. The van der Waals surface area contributed by atoms with Crippen LogP contribution >= 0.6 is 0 Å². The number of nitrogens with one attached hydrogen (secondary N) is 2. The lowest BCUT2D eigenvalue weighted by molar-refractivity contribution is -0.336.